The molecule has 1 saturated heterocycles. The molecule has 2 atom stereocenters. The average molecular weight is 796 g/mol. The SMILES string of the molecule is C#C.C#C.C#C.C=C.CC(C)C(Nc1cncnc1)C(=O)N1CCC[C@H]1C(=O)NC1CC1.COc1c[nH]c(=O)c2cc(Cl)ccc12.O=CNS(=O)(=O)C1CC1. The van der Waals surface area contributed by atoms with Crippen molar-refractivity contribution in [2.75, 3.05) is 19.0 Å². The number of anilines is 1. The Morgan fingerprint density at radius 1 is 1.02 bits per heavy atom. The first-order valence-corrected chi connectivity index (χ1v) is 18.8. The van der Waals surface area contributed by atoms with E-state index in [2.05, 4.69) is 77.3 Å². The van der Waals surface area contributed by atoms with Gasteiger partial charge in [0.25, 0.3) is 5.56 Å². The van der Waals surface area contributed by atoms with Gasteiger partial charge in [0.2, 0.25) is 28.2 Å². The molecular formula is C39H50ClN7O7S. The second-order valence-electron chi connectivity index (χ2n) is 11.8. The summed E-state index contributed by atoms with van der Waals surface area (Å²) < 4.78 is 28.2. The van der Waals surface area contributed by atoms with Crippen LogP contribution in [0.4, 0.5) is 5.69 Å². The molecule has 4 N–H and O–H groups in total. The first-order chi connectivity index (χ1) is 26.4. The number of benzene rings is 1. The van der Waals surface area contributed by atoms with E-state index in [1.807, 2.05) is 13.8 Å². The lowest BCUT2D eigenvalue weighted by Gasteiger charge is -2.30. The van der Waals surface area contributed by atoms with Crippen LogP contribution >= 0.6 is 11.6 Å². The zero-order valence-electron chi connectivity index (χ0n) is 31.3. The van der Waals surface area contributed by atoms with E-state index >= 15 is 0 Å². The number of methoxy groups -OCH3 is 1. The number of aromatic nitrogens is 3. The van der Waals surface area contributed by atoms with Gasteiger partial charge in [-0.1, -0.05) is 25.4 Å². The van der Waals surface area contributed by atoms with Crippen LogP contribution in [-0.4, -0.2) is 83.5 Å². The van der Waals surface area contributed by atoms with Crippen LogP contribution in [0.3, 0.4) is 0 Å². The lowest BCUT2D eigenvalue weighted by molar-refractivity contribution is -0.139. The number of carbonyl (C=O) groups excluding carboxylic acids is 3. The maximum Gasteiger partial charge on any atom is 0.256 e. The standard InChI is InChI=1S/C17H25N5O2.C10H8ClNO2.C4H7NO3S.C2H4.3C2H2/c1-11(2)15(20-13-8-18-10-19-9-13)17(24)22-7-3-4-14(22)16(23)21-12-5-6-12;1-14-9-5-12-10(13)8-4-6(11)2-3-7(8)9;6-3-5-9(7,8)4-1-2-4;4*1-2/h8-12,14-15,20H,3-7H2,1-2H3,(H,21,23);2-5H,1H3,(H,12,13);3-4H,1-2H2,(H,5,6);1-2H2;3*1-2H/t14-,15?;;;;;;/m0....../s1. The summed E-state index contributed by atoms with van der Waals surface area (Å²) >= 11 is 5.79. The van der Waals surface area contributed by atoms with Gasteiger partial charge in [0.05, 0.1) is 35.8 Å². The van der Waals surface area contributed by atoms with Gasteiger partial charge in [-0.15, -0.1) is 51.7 Å². The second-order valence-corrected chi connectivity index (χ2v) is 14.3. The van der Waals surface area contributed by atoms with E-state index in [0.717, 1.165) is 31.1 Å². The summed E-state index contributed by atoms with van der Waals surface area (Å²) in [7, 11) is -1.70. The minimum atomic E-state index is -3.26. The predicted octanol–water partition coefficient (Wildman–Crippen LogP) is 4.15. The van der Waals surface area contributed by atoms with Crippen molar-refractivity contribution in [2.45, 2.75) is 75.7 Å². The van der Waals surface area contributed by atoms with E-state index < -0.39 is 16.1 Å². The van der Waals surface area contributed by atoms with Crippen LogP contribution in [0.1, 0.15) is 52.4 Å². The summed E-state index contributed by atoms with van der Waals surface area (Å²) in [6, 6.07) is 4.70. The minimum Gasteiger partial charge on any atom is -0.495 e. The number of hydrogen-bond donors (Lipinski definition) is 4. The Bertz CT molecular complexity index is 1860. The summed E-state index contributed by atoms with van der Waals surface area (Å²) in [5.74, 6) is 0.693. The highest BCUT2D eigenvalue weighted by molar-refractivity contribution is 7.90. The van der Waals surface area contributed by atoms with Crippen molar-refractivity contribution in [1.82, 2.24) is 29.9 Å². The zero-order valence-corrected chi connectivity index (χ0v) is 32.9. The number of hydrogen-bond acceptors (Lipinski definition) is 10. The van der Waals surface area contributed by atoms with E-state index in [-0.39, 0.29) is 41.0 Å². The largest absolute Gasteiger partial charge is 0.495 e. The third-order valence-corrected chi connectivity index (χ3v) is 9.81. The monoisotopic (exact) mass is 795 g/mol. The fourth-order valence-corrected chi connectivity index (χ4v) is 6.25. The average Bonchev–Trinajstić information content (AvgIpc) is 4.16. The molecule has 1 unspecified atom stereocenters. The van der Waals surface area contributed by atoms with Crippen LogP contribution in [0.2, 0.25) is 5.02 Å². The number of rotatable bonds is 10. The van der Waals surface area contributed by atoms with Crippen LogP contribution in [-0.2, 0) is 24.4 Å². The molecule has 16 heteroatoms. The summed E-state index contributed by atoms with van der Waals surface area (Å²) in [4.78, 5) is 58.8. The Balaban J connectivity index is 0.000000797. The maximum absolute atomic E-state index is 13.1. The molecule has 3 amide bonds. The molecule has 296 valence electrons. The Morgan fingerprint density at radius 3 is 2.13 bits per heavy atom. The molecule has 3 aromatic rings. The van der Waals surface area contributed by atoms with Crippen LogP contribution in [0.15, 0.2) is 61.1 Å². The third-order valence-electron chi connectivity index (χ3n) is 7.80. The molecule has 6 rings (SSSR count). The van der Waals surface area contributed by atoms with Gasteiger partial charge >= 0.3 is 0 Å². The molecule has 1 aromatic carbocycles. The molecule has 3 aliphatic rings. The molecule has 2 saturated carbocycles. The van der Waals surface area contributed by atoms with Gasteiger partial charge in [-0.3, -0.25) is 23.9 Å². The molecular weight excluding hydrogens is 746 g/mol. The molecule has 0 bridgehead atoms. The van der Waals surface area contributed by atoms with Crippen LogP contribution < -0.4 is 25.7 Å². The molecule has 3 heterocycles. The van der Waals surface area contributed by atoms with Crippen LogP contribution in [0, 0.1) is 44.5 Å². The number of H-pyrrole nitrogens is 1. The highest BCUT2D eigenvalue weighted by atomic mass is 35.5. The first-order valence-electron chi connectivity index (χ1n) is 16.9. The number of fused-ring (bicyclic) bond motifs is 1. The van der Waals surface area contributed by atoms with Crippen molar-refractivity contribution < 1.29 is 27.5 Å². The zero-order chi connectivity index (χ0) is 42.1. The number of carbonyl (C=O) groups is 3. The van der Waals surface area contributed by atoms with Gasteiger partial charge in [0.15, 0.2) is 0 Å². The Labute approximate surface area is 329 Å². The maximum atomic E-state index is 13.1. The molecule has 3 fully saturated rings. The predicted molar refractivity (Wildman–Crippen MR) is 218 cm³/mol. The second kappa shape index (κ2) is 26.0. The number of aromatic amines is 1. The third kappa shape index (κ3) is 16.0. The van der Waals surface area contributed by atoms with Gasteiger partial charge in [-0.25, -0.2) is 18.4 Å². The number of terminal acetylenes is 3. The quantitative estimate of drug-likeness (QED) is 0.132. The molecule has 0 spiro atoms. The van der Waals surface area contributed by atoms with Crippen molar-refractivity contribution in [3.63, 3.8) is 0 Å². The van der Waals surface area contributed by atoms with Crippen molar-refractivity contribution >= 4 is 56.3 Å². The number of nitrogens with zero attached hydrogens (tertiary/aromatic N) is 3. The van der Waals surface area contributed by atoms with E-state index in [9.17, 15) is 27.6 Å². The molecule has 14 nitrogen and oxygen atoms in total. The number of sulfonamides is 1. The summed E-state index contributed by atoms with van der Waals surface area (Å²) in [5, 5.41) is 7.78. The van der Waals surface area contributed by atoms with Crippen LogP contribution in [0.25, 0.3) is 10.8 Å². The number of nitrogens with one attached hydrogen (secondary N) is 4. The molecule has 55 heavy (non-hydrogen) atoms. The lowest BCUT2D eigenvalue weighted by atomic mass is 10.0. The van der Waals surface area contributed by atoms with E-state index in [1.165, 1.54) is 6.33 Å². The number of amides is 3. The smallest absolute Gasteiger partial charge is 0.256 e. The summed E-state index contributed by atoms with van der Waals surface area (Å²) in [6.07, 6.45) is 35.6. The van der Waals surface area contributed by atoms with Crippen molar-refractivity contribution in [3.05, 3.63) is 71.7 Å². The number of likely N-dealkylation sites (tertiary alicyclic amines) is 1. The lowest BCUT2D eigenvalue weighted by Crippen LogP contribution is -2.52. The van der Waals surface area contributed by atoms with Gasteiger partial charge in [-0.05, 0) is 62.6 Å². The van der Waals surface area contributed by atoms with Gasteiger partial charge in [-0.2, -0.15) is 0 Å². The van der Waals surface area contributed by atoms with E-state index in [4.69, 9.17) is 16.3 Å². The summed E-state index contributed by atoms with van der Waals surface area (Å²) in [5.41, 5.74) is 0.547. The number of ether oxygens (including phenoxy) is 1. The fraction of sp³-hybridized carbons (Fsp3) is 0.385. The normalized spacial score (nSPS) is 15.4. The molecule has 2 aliphatic carbocycles. The molecule has 1 aliphatic heterocycles. The van der Waals surface area contributed by atoms with Crippen molar-refractivity contribution in [1.29, 1.82) is 0 Å². The summed E-state index contributed by atoms with van der Waals surface area (Å²) in [6.45, 7) is 10.6. The first kappa shape index (κ1) is 49.2. The van der Waals surface area contributed by atoms with Gasteiger partial charge in [0.1, 0.15) is 24.2 Å². The van der Waals surface area contributed by atoms with E-state index in [0.29, 0.717) is 47.3 Å². The minimum absolute atomic E-state index is 0.00565. The number of halogens is 1. The Hall–Kier alpha value is -5.82. The Morgan fingerprint density at radius 2 is 1.62 bits per heavy atom. The van der Waals surface area contributed by atoms with Crippen molar-refractivity contribution in [3.8, 4) is 44.3 Å². The number of pyridine rings is 1. The Kier molecular flexibility index (Phi) is 23.3. The highest BCUT2D eigenvalue weighted by Gasteiger charge is 2.39. The van der Waals surface area contributed by atoms with Gasteiger partial charge in [0, 0.05) is 29.2 Å². The van der Waals surface area contributed by atoms with Gasteiger partial charge < -0.3 is 25.3 Å². The molecule has 0 radical (unpaired) electrons. The fourth-order valence-electron chi connectivity index (χ4n) is 4.99. The van der Waals surface area contributed by atoms with Crippen molar-refractivity contribution in [2.24, 2.45) is 5.92 Å². The van der Waals surface area contributed by atoms with E-state index in [1.54, 1.807) is 53.5 Å². The topological polar surface area (TPSA) is 193 Å². The van der Waals surface area contributed by atoms with Crippen LogP contribution in [0.5, 0.6) is 5.75 Å². The highest BCUT2D eigenvalue weighted by Crippen LogP contribution is 2.27. The molecule has 2 aromatic heterocycles.